The molecule has 0 unspecified atom stereocenters. The molecule has 1 amide bonds. The Bertz CT molecular complexity index is 1270. The van der Waals surface area contributed by atoms with Crippen LogP contribution < -0.4 is 10.1 Å². The quantitative estimate of drug-likeness (QED) is 0.613. The van der Waals surface area contributed by atoms with Crippen molar-refractivity contribution in [3.8, 4) is 17.0 Å². The Labute approximate surface area is 190 Å². The first-order valence-electron chi connectivity index (χ1n) is 10.6. The van der Waals surface area contributed by atoms with E-state index in [-0.39, 0.29) is 10.6 Å². The maximum absolute atomic E-state index is 12.9. The molecule has 1 N–H and O–H groups in total. The summed E-state index contributed by atoms with van der Waals surface area (Å²) in [7, 11) is -1.93. The van der Waals surface area contributed by atoms with Crippen LogP contribution in [0.4, 0.5) is 5.13 Å². The van der Waals surface area contributed by atoms with Crippen LogP contribution in [-0.2, 0) is 23.5 Å². The van der Waals surface area contributed by atoms with Gasteiger partial charge in [0.15, 0.2) is 5.13 Å². The van der Waals surface area contributed by atoms with Crippen molar-refractivity contribution < 1.29 is 17.9 Å². The van der Waals surface area contributed by atoms with Gasteiger partial charge in [-0.25, -0.2) is 13.4 Å². The van der Waals surface area contributed by atoms with Crippen molar-refractivity contribution in [3.63, 3.8) is 0 Å². The fraction of sp³-hybridized carbons (Fsp3) is 0.364. The number of amides is 1. The lowest BCUT2D eigenvalue weighted by atomic mass is 10.1. The van der Waals surface area contributed by atoms with Crippen molar-refractivity contribution in [2.45, 2.75) is 30.6 Å². The lowest BCUT2D eigenvalue weighted by Crippen LogP contribution is -2.35. The third-order valence-corrected chi connectivity index (χ3v) is 8.50. The molecule has 0 aliphatic carbocycles. The highest BCUT2D eigenvalue weighted by Crippen LogP contribution is 2.32. The smallest absolute Gasteiger partial charge is 0.274 e. The number of hydrogen-bond donors (Lipinski definition) is 1. The van der Waals surface area contributed by atoms with E-state index < -0.39 is 15.9 Å². The van der Waals surface area contributed by atoms with E-state index in [1.54, 1.807) is 11.6 Å². The van der Waals surface area contributed by atoms with E-state index in [0.717, 1.165) is 48.3 Å². The topological polar surface area (TPSA) is 93.5 Å². The number of rotatable bonds is 5. The number of carbonyl (C=O) groups excluding carboxylic acids is 1. The van der Waals surface area contributed by atoms with Gasteiger partial charge in [-0.3, -0.25) is 10.1 Å². The maximum atomic E-state index is 12.9. The number of fused-ring (bicyclic) bond motifs is 1. The molecule has 2 aromatic heterocycles. The van der Waals surface area contributed by atoms with Gasteiger partial charge in [-0.1, -0.05) is 6.42 Å². The molecule has 1 aromatic carbocycles. The fourth-order valence-electron chi connectivity index (χ4n) is 4.13. The molecule has 0 bridgehead atoms. The highest BCUT2D eigenvalue weighted by Gasteiger charge is 2.28. The Balaban J connectivity index is 1.33. The van der Waals surface area contributed by atoms with E-state index in [9.17, 15) is 13.2 Å². The number of thiazole rings is 1. The van der Waals surface area contributed by atoms with Gasteiger partial charge in [0.2, 0.25) is 10.0 Å². The molecule has 10 heteroatoms. The van der Waals surface area contributed by atoms with E-state index in [1.165, 1.54) is 27.9 Å². The molecule has 3 aromatic rings. The monoisotopic (exact) mass is 472 g/mol. The average Bonchev–Trinajstić information content (AvgIpc) is 3.53. The normalized spacial score (nSPS) is 16.5. The Kier molecular flexibility index (Phi) is 5.52. The van der Waals surface area contributed by atoms with Gasteiger partial charge >= 0.3 is 0 Å². The summed E-state index contributed by atoms with van der Waals surface area (Å²) in [6.45, 7) is 1.74. The number of benzene rings is 1. The van der Waals surface area contributed by atoms with Crippen LogP contribution in [0.2, 0.25) is 0 Å². The minimum absolute atomic E-state index is 0.146. The van der Waals surface area contributed by atoms with Crippen LogP contribution in [0.5, 0.6) is 5.75 Å². The molecule has 4 heterocycles. The molecule has 1 fully saturated rings. The number of aryl methyl sites for hydroxylation is 1. The molecule has 2 aliphatic rings. The number of ether oxygens (including phenoxy) is 1. The number of carbonyl (C=O) groups is 1. The predicted molar refractivity (Wildman–Crippen MR) is 123 cm³/mol. The lowest BCUT2D eigenvalue weighted by Gasteiger charge is -2.25. The predicted octanol–water partition coefficient (Wildman–Crippen LogP) is 3.51. The van der Waals surface area contributed by atoms with Gasteiger partial charge in [-0.05, 0) is 42.7 Å². The molecule has 0 atom stereocenters. The zero-order chi connectivity index (χ0) is 22.3. The first-order chi connectivity index (χ1) is 15.4. The minimum atomic E-state index is -3.60. The summed E-state index contributed by atoms with van der Waals surface area (Å²) in [5, 5.41) is 5.16. The summed E-state index contributed by atoms with van der Waals surface area (Å²) < 4.78 is 34.5. The van der Waals surface area contributed by atoms with Gasteiger partial charge < -0.3 is 9.30 Å². The molecule has 0 saturated carbocycles. The zero-order valence-electron chi connectivity index (χ0n) is 17.7. The van der Waals surface area contributed by atoms with Crippen LogP contribution in [-0.4, -0.2) is 47.9 Å². The van der Waals surface area contributed by atoms with Gasteiger partial charge in [0.1, 0.15) is 16.3 Å². The second-order valence-electron chi connectivity index (χ2n) is 8.05. The number of sulfonamides is 1. The number of nitrogens with one attached hydrogen (secondary N) is 1. The van der Waals surface area contributed by atoms with Gasteiger partial charge in [-0.2, -0.15) is 4.31 Å². The summed E-state index contributed by atoms with van der Waals surface area (Å²) in [4.78, 5) is 17.5. The Morgan fingerprint density at radius 1 is 1.19 bits per heavy atom. The number of hydrogen-bond acceptors (Lipinski definition) is 6. The van der Waals surface area contributed by atoms with Crippen LogP contribution in [0.15, 0.2) is 40.7 Å². The summed E-state index contributed by atoms with van der Waals surface area (Å²) in [6, 6.07) is 7.41. The van der Waals surface area contributed by atoms with Crippen LogP contribution in [0.3, 0.4) is 0 Å². The van der Waals surface area contributed by atoms with Crippen molar-refractivity contribution in [3.05, 3.63) is 47.1 Å². The summed E-state index contributed by atoms with van der Waals surface area (Å²) >= 11 is 1.33. The summed E-state index contributed by atoms with van der Waals surface area (Å²) in [5.74, 6) is 0.521. The first-order valence-corrected chi connectivity index (χ1v) is 12.9. The van der Waals surface area contributed by atoms with Crippen molar-refractivity contribution >= 4 is 32.4 Å². The third kappa shape index (κ3) is 3.94. The standard InChI is InChI=1S/C22H24N4O4S2/c1-25-13-17(32(28,29)26-8-3-2-4-9-26)12-19(25)21(27)24-22-23-18(14-31-22)15-5-6-20-16(11-15)7-10-30-20/h5-6,11-14H,2-4,7-10H2,1H3,(H,23,24,27). The van der Waals surface area contributed by atoms with Crippen LogP contribution >= 0.6 is 11.3 Å². The molecular formula is C22H24N4O4S2. The second kappa shape index (κ2) is 8.34. The Morgan fingerprint density at radius 2 is 2.00 bits per heavy atom. The van der Waals surface area contributed by atoms with Gasteiger partial charge in [0, 0.05) is 43.7 Å². The van der Waals surface area contributed by atoms with Crippen LogP contribution in [0, 0.1) is 0 Å². The molecule has 1 saturated heterocycles. The first kappa shape index (κ1) is 21.2. The van der Waals surface area contributed by atoms with Crippen molar-refractivity contribution in [1.29, 1.82) is 0 Å². The molecule has 2 aliphatic heterocycles. The second-order valence-corrected chi connectivity index (χ2v) is 10.8. The van der Waals surface area contributed by atoms with Gasteiger partial charge in [0.05, 0.1) is 12.3 Å². The van der Waals surface area contributed by atoms with Crippen LogP contribution in [0.1, 0.15) is 35.3 Å². The van der Waals surface area contributed by atoms with E-state index in [2.05, 4.69) is 16.4 Å². The summed E-state index contributed by atoms with van der Waals surface area (Å²) in [5.41, 5.74) is 3.18. The average molecular weight is 473 g/mol. The molecule has 0 radical (unpaired) electrons. The van der Waals surface area contributed by atoms with Crippen molar-refractivity contribution in [1.82, 2.24) is 13.9 Å². The Hall–Kier alpha value is -2.69. The largest absolute Gasteiger partial charge is 0.493 e. The zero-order valence-corrected chi connectivity index (χ0v) is 19.3. The fourth-order valence-corrected chi connectivity index (χ4v) is 6.43. The minimum Gasteiger partial charge on any atom is -0.493 e. The lowest BCUT2D eigenvalue weighted by molar-refractivity contribution is 0.101. The molecule has 8 nitrogen and oxygen atoms in total. The number of piperidine rings is 1. The number of nitrogens with zero attached hydrogens (tertiary/aromatic N) is 3. The molecule has 168 valence electrons. The van der Waals surface area contributed by atoms with E-state index in [4.69, 9.17) is 4.74 Å². The van der Waals surface area contributed by atoms with E-state index >= 15 is 0 Å². The van der Waals surface area contributed by atoms with Crippen molar-refractivity contribution in [2.24, 2.45) is 7.05 Å². The highest BCUT2D eigenvalue weighted by molar-refractivity contribution is 7.89. The summed E-state index contributed by atoms with van der Waals surface area (Å²) in [6.07, 6.45) is 5.15. The molecule has 32 heavy (non-hydrogen) atoms. The van der Waals surface area contributed by atoms with Gasteiger partial charge in [-0.15, -0.1) is 11.3 Å². The maximum Gasteiger partial charge on any atom is 0.274 e. The number of anilines is 1. The molecular weight excluding hydrogens is 448 g/mol. The van der Waals surface area contributed by atoms with E-state index in [0.29, 0.717) is 24.8 Å². The molecule has 0 spiro atoms. The van der Waals surface area contributed by atoms with Crippen molar-refractivity contribution in [2.75, 3.05) is 25.0 Å². The van der Waals surface area contributed by atoms with E-state index in [1.807, 2.05) is 17.5 Å². The third-order valence-electron chi connectivity index (χ3n) is 5.88. The Morgan fingerprint density at radius 3 is 2.81 bits per heavy atom. The SMILES string of the molecule is Cn1cc(S(=O)(=O)N2CCCCC2)cc1C(=O)Nc1nc(-c2ccc3c(c2)CCO3)cs1. The van der Waals surface area contributed by atoms with Crippen LogP contribution in [0.25, 0.3) is 11.3 Å². The van der Waals surface area contributed by atoms with Gasteiger partial charge in [0.25, 0.3) is 5.91 Å². The molecule has 5 rings (SSSR count). The highest BCUT2D eigenvalue weighted by atomic mass is 32.2. The number of aromatic nitrogens is 2.